The average molecular weight is 306 g/mol. The third-order valence-corrected chi connectivity index (χ3v) is 3.40. The lowest BCUT2D eigenvalue weighted by atomic mass is 10.0. The Morgan fingerprint density at radius 2 is 1.86 bits per heavy atom. The van der Waals surface area contributed by atoms with Gasteiger partial charge in [-0.1, -0.05) is 38.5 Å². The molecule has 122 valence electrons. The zero-order valence-electron chi connectivity index (χ0n) is 13.6. The average Bonchev–Trinajstić information content (AvgIpc) is 2.50. The van der Waals surface area contributed by atoms with Gasteiger partial charge >= 0.3 is 12.0 Å². The van der Waals surface area contributed by atoms with E-state index in [2.05, 4.69) is 29.2 Å². The molecule has 0 aliphatic rings. The van der Waals surface area contributed by atoms with Gasteiger partial charge in [-0.15, -0.1) is 0 Å². The number of esters is 1. The summed E-state index contributed by atoms with van der Waals surface area (Å²) in [6.07, 6.45) is 2.95. The lowest BCUT2D eigenvalue weighted by Gasteiger charge is -2.14. The number of para-hydroxylation sites is 1. The fourth-order valence-corrected chi connectivity index (χ4v) is 2.16. The van der Waals surface area contributed by atoms with Gasteiger partial charge in [0.2, 0.25) is 0 Å². The molecule has 0 heterocycles. The molecule has 1 rings (SSSR count). The van der Waals surface area contributed by atoms with Crippen LogP contribution in [0.15, 0.2) is 24.3 Å². The quantitative estimate of drug-likeness (QED) is 0.569. The van der Waals surface area contributed by atoms with Crippen LogP contribution in [0.25, 0.3) is 0 Å². The number of carbonyl (C=O) groups is 2. The van der Waals surface area contributed by atoms with Gasteiger partial charge in [-0.05, 0) is 30.4 Å². The normalized spacial score (nSPS) is 10.4. The zero-order chi connectivity index (χ0) is 16.4. The number of nitrogens with one attached hydrogen (secondary N) is 2. The minimum Gasteiger partial charge on any atom is -0.469 e. The highest BCUT2D eigenvalue weighted by Crippen LogP contribution is 2.23. The highest BCUT2D eigenvalue weighted by molar-refractivity contribution is 5.90. The summed E-state index contributed by atoms with van der Waals surface area (Å²) < 4.78 is 4.57. The molecule has 0 fully saturated rings. The summed E-state index contributed by atoms with van der Waals surface area (Å²) in [6.45, 7) is 4.79. The molecule has 0 aliphatic carbocycles. The van der Waals surface area contributed by atoms with Crippen molar-refractivity contribution in [2.24, 2.45) is 0 Å². The first kappa shape index (κ1) is 18.0. The summed E-state index contributed by atoms with van der Waals surface area (Å²) in [4.78, 5) is 22.8. The minimum absolute atomic E-state index is 0.184. The van der Waals surface area contributed by atoms with E-state index in [4.69, 9.17) is 0 Å². The molecule has 0 aromatic heterocycles. The van der Waals surface area contributed by atoms with Crippen LogP contribution in [-0.2, 0) is 9.53 Å². The van der Waals surface area contributed by atoms with Gasteiger partial charge in [0, 0.05) is 18.7 Å². The van der Waals surface area contributed by atoms with Crippen LogP contribution < -0.4 is 10.6 Å². The third-order valence-electron chi connectivity index (χ3n) is 3.40. The molecule has 0 saturated carbocycles. The summed E-state index contributed by atoms with van der Waals surface area (Å²) in [6, 6.07) is 7.62. The molecule has 0 radical (unpaired) electrons. The van der Waals surface area contributed by atoms with Crippen molar-refractivity contribution in [1.82, 2.24) is 5.32 Å². The topological polar surface area (TPSA) is 67.4 Å². The van der Waals surface area contributed by atoms with Crippen molar-refractivity contribution in [1.29, 1.82) is 0 Å². The van der Waals surface area contributed by atoms with Gasteiger partial charge in [-0.2, -0.15) is 0 Å². The first-order chi connectivity index (χ1) is 10.5. The first-order valence-corrected chi connectivity index (χ1v) is 7.75. The Bertz CT molecular complexity index is 487. The molecule has 1 aromatic rings. The van der Waals surface area contributed by atoms with E-state index in [1.807, 2.05) is 24.3 Å². The molecule has 5 heteroatoms. The summed E-state index contributed by atoms with van der Waals surface area (Å²) in [5, 5.41) is 5.72. The number of hydrogen-bond acceptors (Lipinski definition) is 3. The number of rotatable bonds is 8. The fourth-order valence-electron chi connectivity index (χ4n) is 2.16. The summed E-state index contributed by atoms with van der Waals surface area (Å²) in [5.41, 5.74) is 1.97. The second-order valence-electron chi connectivity index (χ2n) is 5.51. The van der Waals surface area contributed by atoms with E-state index >= 15 is 0 Å². The van der Waals surface area contributed by atoms with Crippen LogP contribution in [0.4, 0.5) is 10.5 Å². The molecule has 2 N–H and O–H groups in total. The van der Waals surface area contributed by atoms with Crippen molar-refractivity contribution in [2.45, 2.75) is 45.4 Å². The standard InChI is InChI=1S/C17H26N2O3/c1-13(2)14-9-6-7-10-15(14)19-17(21)18-12-8-4-5-11-16(20)22-3/h6-7,9-10,13H,4-5,8,11-12H2,1-3H3,(H2,18,19,21). The minimum atomic E-state index is -0.193. The number of unbranched alkanes of at least 4 members (excludes halogenated alkanes) is 2. The molecule has 0 spiro atoms. The van der Waals surface area contributed by atoms with Crippen molar-refractivity contribution in [3.8, 4) is 0 Å². The lowest BCUT2D eigenvalue weighted by molar-refractivity contribution is -0.140. The Morgan fingerprint density at radius 3 is 2.55 bits per heavy atom. The number of anilines is 1. The molecule has 5 nitrogen and oxygen atoms in total. The predicted octanol–water partition coefficient (Wildman–Crippen LogP) is 3.66. The molecule has 1 aromatic carbocycles. The number of hydrogen-bond donors (Lipinski definition) is 2. The fraction of sp³-hybridized carbons (Fsp3) is 0.529. The van der Waals surface area contributed by atoms with E-state index in [-0.39, 0.29) is 12.0 Å². The van der Waals surface area contributed by atoms with E-state index in [0.29, 0.717) is 18.9 Å². The molecule has 0 bridgehead atoms. The van der Waals surface area contributed by atoms with Gasteiger partial charge in [0.05, 0.1) is 7.11 Å². The van der Waals surface area contributed by atoms with Gasteiger partial charge in [0.25, 0.3) is 0 Å². The molecular weight excluding hydrogens is 280 g/mol. The van der Waals surface area contributed by atoms with Gasteiger partial charge < -0.3 is 15.4 Å². The Labute approximate surface area is 132 Å². The van der Waals surface area contributed by atoms with Crippen LogP contribution in [0, 0.1) is 0 Å². The second kappa shape index (κ2) is 9.82. The van der Waals surface area contributed by atoms with Crippen molar-refractivity contribution >= 4 is 17.7 Å². The third kappa shape index (κ3) is 6.61. The van der Waals surface area contributed by atoms with Crippen molar-refractivity contribution in [3.05, 3.63) is 29.8 Å². The molecule has 2 amide bonds. The number of methoxy groups -OCH3 is 1. The molecule has 0 atom stereocenters. The van der Waals surface area contributed by atoms with Crippen LogP contribution in [0.3, 0.4) is 0 Å². The van der Waals surface area contributed by atoms with E-state index in [0.717, 1.165) is 30.5 Å². The summed E-state index contributed by atoms with van der Waals surface area (Å²) in [5.74, 6) is 0.172. The number of carbonyl (C=O) groups excluding carboxylic acids is 2. The highest BCUT2D eigenvalue weighted by atomic mass is 16.5. The van der Waals surface area contributed by atoms with Crippen molar-refractivity contribution < 1.29 is 14.3 Å². The predicted molar refractivity (Wildman–Crippen MR) is 88.0 cm³/mol. The first-order valence-electron chi connectivity index (χ1n) is 7.75. The maximum absolute atomic E-state index is 11.9. The molecule has 0 saturated heterocycles. The van der Waals surface area contributed by atoms with Crippen LogP contribution in [0.1, 0.15) is 51.0 Å². The molecular formula is C17H26N2O3. The maximum Gasteiger partial charge on any atom is 0.319 e. The molecule has 0 aliphatic heterocycles. The largest absolute Gasteiger partial charge is 0.469 e. The van der Waals surface area contributed by atoms with Gasteiger partial charge in [-0.25, -0.2) is 4.79 Å². The summed E-state index contributed by atoms with van der Waals surface area (Å²) in [7, 11) is 1.39. The highest BCUT2D eigenvalue weighted by Gasteiger charge is 2.08. The van der Waals surface area contributed by atoms with Gasteiger partial charge in [-0.3, -0.25) is 4.79 Å². The Kier molecular flexibility index (Phi) is 8.04. The molecule has 0 unspecified atom stereocenters. The maximum atomic E-state index is 11.9. The summed E-state index contributed by atoms with van der Waals surface area (Å²) >= 11 is 0. The van der Waals surface area contributed by atoms with Crippen LogP contribution in [0.5, 0.6) is 0 Å². The second-order valence-corrected chi connectivity index (χ2v) is 5.51. The Hall–Kier alpha value is -2.04. The monoisotopic (exact) mass is 306 g/mol. The van der Waals surface area contributed by atoms with Crippen molar-refractivity contribution in [2.75, 3.05) is 19.0 Å². The smallest absolute Gasteiger partial charge is 0.319 e. The number of amides is 2. The lowest BCUT2D eigenvalue weighted by Crippen LogP contribution is -2.30. The molecule has 22 heavy (non-hydrogen) atoms. The van der Waals surface area contributed by atoms with E-state index in [9.17, 15) is 9.59 Å². The number of benzene rings is 1. The van der Waals surface area contributed by atoms with Crippen molar-refractivity contribution in [3.63, 3.8) is 0 Å². The van der Waals surface area contributed by atoms with Crippen LogP contribution >= 0.6 is 0 Å². The Balaban J connectivity index is 2.25. The van der Waals surface area contributed by atoms with E-state index in [1.54, 1.807) is 0 Å². The van der Waals surface area contributed by atoms with Gasteiger partial charge in [0.1, 0.15) is 0 Å². The van der Waals surface area contributed by atoms with E-state index in [1.165, 1.54) is 7.11 Å². The van der Waals surface area contributed by atoms with Crippen LogP contribution in [0.2, 0.25) is 0 Å². The number of urea groups is 1. The van der Waals surface area contributed by atoms with E-state index < -0.39 is 0 Å². The van der Waals surface area contributed by atoms with Crippen LogP contribution in [-0.4, -0.2) is 25.7 Å². The number of ether oxygens (including phenoxy) is 1. The Morgan fingerprint density at radius 1 is 1.14 bits per heavy atom. The SMILES string of the molecule is COC(=O)CCCCCNC(=O)Nc1ccccc1C(C)C. The zero-order valence-corrected chi connectivity index (χ0v) is 13.6. The van der Waals surface area contributed by atoms with Gasteiger partial charge in [0.15, 0.2) is 0 Å².